The highest BCUT2D eigenvalue weighted by atomic mass is 35.5. The predicted molar refractivity (Wildman–Crippen MR) is 110 cm³/mol. The zero-order valence-corrected chi connectivity index (χ0v) is 16.2. The van der Waals surface area contributed by atoms with E-state index in [0.717, 1.165) is 51.1 Å². The van der Waals surface area contributed by atoms with Gasteiger partial charge in [-0.15, -0.1) is 0 Å². The van der Waals surface area contributed by atoms with E-state index in [1.54, 1.807) is 0 Å². The molecule has 144 valence electrons. The van der Waals surface area contributed by atoms with Gasteiger partial charge in [-0.1, -0.05) is 41.9 Å². The highest BCUT2D eigenvalue weighted by Gasteiger charge is 2.41. The van der Waals surface area contributed by atoms with Crippen LogP contribution in [0.15, 0.2) is 71.8 Å². The van der Waals surface area contributed by atoms with Gasteiger partial charge >= 0.3 is 0 Å². The molecule has 0 radical (unpaired) electrons. The molecule has 0 saturated carbocycles. The van der Waals surface area contributed by atoms with Crippen molar-refractivity contribution in [2.45, 2.75) is 18.7 Å². The summed E-state index contributed by atoms with van der Waals surface area (Å²) in [5.41, 5.74) is 4.23. The Kier molecular flexibility index (Phi) is 3.71. The number of halogens is 1. The molecular weight excluding hydrogens is 388 g/mol. The van der Waals surface area contributed by atoms with Crippen molar-refractivity contribution in [2.24, 2.45) is 5.10 Å². The minimum absolute atomic E-state index is 0.112. The molecular formula is C23H17ClN2O3. The van der Waals surface area contributed by atoms with E-state index in [9.17, 15) is 0 Å². The molecule has 0 fully saturated rings. The van der Waals surface area contributed by atoms with Gasteiger partial charge in [-0.25, -0.2) is 5.01 Å². The zero-order chi connectivity index (χ0) is 19.4. The van der Waals surface area contributed by atoms with E-state index in [2.05, 4.69) is 11.1 Å². The van der Waals surface area contributed by atoms with Crippen molar-refractivity contribution in [3.8, 4) is 17.2 Å². The van der Waals surface area contributed by atoms with Gasteiger partial charge in [0.1, 0.15) is 5.75 Å². The van der Waals surface area contributed by atoms with Crippen molar-refractivity contribution >= 4 is 17.3 Å². The van der Waals surface area contributed by atoms with E-state index in [-0.39, 0.29) is 19.1 Å². The van der Waals surface area contributed by atoms with E-state index in [1.807, 2.05) is 60.7 Å². The summed E-state index contributed by atoms with van der Waals surface area (Å²) in [5, 5.41) is 7.75. The Bertz CT molecular complexity index is 1130. The van der Waals surface area contributed by atoms with Crippen LogP contribution in [0.5, 0.6) is 17.2 Å². The number of ether oxygens (including phenoxy) is 3. The Morgan fingerprint density at radius 1 is 0.897 bits per heavy atom. The number of hydrazone groups is 1. The Labute approximate surface area is 173 Å². The quantitative estimate of drug-likeness (QED) is 0.580. The molecule has 2 atom stereocenters. The fourth-order valence-electron chi connectivity index (χ4n) is 4.14. The second-order valence-corrected chi connectivity index (χ2v) is 7.71. The van der Waals surface area contributed by atoms with Crippen molar-refractivity contribution in [1.82, 2.24) is 5.01 Å². The van der Waals surface area contributed by atoms with Gasteiger partial charge in [0.05, 0.1) is 11.8 Å². The van der Waals surface area contributed by atoms with Gasteiger partial charge in [-0.3, -0.25) is 0 Å². The van der Waals surface area contributed by atoms with Crippen LogP contribution in [0.2, 0.25) is 5.02 Å². The molecule has 0 unspecified atom stereocenters. The second-order valence-electron chi connectivity index (χ2n) is 7.27. The molecule has 3 aliphatic heterocycles. The van der Waals surface area contributed by atoms with E-state index in [1.165, 1.54) is 0 Å². The fourth-order valence-corrected chi connectivity index (χ4v) is 4.26. The highest BCUT2D eigenvalue weighted by molar-refractivity contribution is 6.30. The number of rotatable bonds is 2. The molecule has 0 aromatic heterocycles. The Balaban J connectivity index is 1.44. The SMILES string of the molecule is Clc1ccc(C2=NN3[C@H](C2)c2ccccc2O[C@@H]3c2ccc3c(c2)OCO3)cc1. The van der Waals surface area contributed by atoms with Crippen LogP contribution in [0.25, 0.3) is 0 Å². The summed E-state index contributed by atoms with van der Waals surface area (Å²) in [6.45, 7) is 0.248. The van der Waals surface area contributed by atoms with Gasteiger partial charge in [0.15, 0.2) is 11.5 Å². The largest absolute Gasteiger partial charge is 0.464 e. The number of benzene rings is 3. The first kappa shape index (κ1) is 16.7. The summed E-state index contributed by atoms with van der Waals surface area (Å²) in [4.78, 5) is 0. The topological polar surface area (TPSA) is 43.3 Å². The minimum atomic E-state index is -0.339. The molecule has 3 aromatic rings. The number of para-hydroxylation sites is 1. The third-order valence-corrected chi connectivity index (χ3v) is 5.81. The van der Waals surface area contributed by atoms with Crippen LogP contribution in [-0.4, -0.2) is 17.5 Å². The van der Waals surface area contributed by atoms with E-state index >= 15 is 0 Å². The van der Waals surface area contributed by atoms with Gasteiger partial charge < -0.3 is 14.2 Å². The average molecular weight is 405 g/mol. The maximum absolute atomic E-state index is 6.40. The smallest absolute Gasteiger partial charge is 0.231 e. The van der Waals surface area contributed by atoms with Crippen molar-refractivity contribution < 1.29 is 14.2 Å². The van der Waals surface area contributed by atoms with Gasteiger partial charge in [0.25, 0.3) is 0 Å². The lowest BCUT2D eigenvalue weighted by Gasteiger charge is -2.38. The minimum Gasteiger partial charge on any atom is -0.464 e. The highest BCUT2D eigenvalue weighted by Crippen LogP contribution is 2.48. The number of hydrogen-bond donors (Lipinski definition) is 0. The molecule has 0 amide bonds. The molecule has 5 nitrogen and oxygen atoms in total. The maximum atomic E-state index is 6.40. The normalized spacial score (nSPS) is 21.3. The lowest BCUT2D eigenvalue weighted by molar-refractivity contribution is -0.0191. The Hall–Kier alpha value is -3.18. The third-order valence-electron chi connectivity index (χ3n) is 5.56. The zero-order valence-electron chi connectivity index (χ0n) is 15.4. The first-order valence-electron chi connectivity index (χ1n) is 9.53. The summed E-state index contributed by atoms with van der Waals surface area (Å²) >= 11 is 6.06. The predicted octanol–water partition coefficient (Wildman–Crippen LogP) is 5.31. The van der Waals surface area contributed by atoms with Gasteiger partial charge in [-0.2, -0.15) is 5.10 Å². The molecule has 6 rings (SSSR count). The first-order chi connectivity index (χ1) is 14.3. The summed E-state index contributed by atoms with van der Waals surface area (Å²) in [6.07, 6.45) is 0.470. The van der Waals surface area contributed by atoms with Gasteiger partial charge in [0.2, 0.25) is 13.0 Å². The van der Waals surface area contributed by atoms with Crippen LogP contribution in [0.1, 0.15) is 35.4 Å². The molecule has 0 aliphatic carbocycles. The van der Waals surface area contributed by atoms with Crippen LogP contribution in [0.4, 0.5) is 0 Å². The number of hydrogen-bond acceptors (Lipinski definition) is 5. The molecule has 6 heteroatoms. The van der Waals surface area contributed by atoms with Crippen LogP contribution >= 0.6 is 11.6 Å². The lowest BCUT2D eigenvalue weighted by atomic mass is 9.96. The van der Waals surface area contributed by atoms with E-state index < -0.39 is 0 Å². The van der Waals surface area contributed by atoms with Crippen LogP contribution in [-0.2, 0) is 0 Å². The van der Waals surface area contributed by atoms with Crippen LogP contribution in [0, 0.1) is 0 Å². The molecule has 0 bridgehead atoms. The van der Waals surface area contributed by atoms with Crippen LogP contribution < -0.4 is 14.2 Å². The number of nitrogens with zero attached hydrogens (tertiary/aromatic N) is 2. The third kappa shape index (κ3) is 2.73. The second kappa shape index (κ2) is 6.42. The summed E-state index contributed by atoms with van der Waals surface area (Å²) in [5.74, 6) is 2.39. The van der Waals surface area contributed by atoms with Crippen molar-refractivity contribution in [3.05, 3.63) is 88.4 Å². The monoisotopic (exact) mass is 404 g/mol. The molecule has 3 aliphatic rings. The molecule has 0 saturated heterocycles. The molecule has 0 N–H and O–H groups in total. The van der Waals surface area contributed by atoms with Crippen LogP contribution in [0.3, 0.4) is 0 Å². The summed E-state index contributed by atoms with van der Waals surface area (Å²) in [6, 6.07) is 22.0. The Morgan fingerprint density at radius 2 is 1.72 bits per heavy atom. The standard InChI is InChI=1S/C23H17ClN2O3/c24-16-8-5-14(6-9-16)18-12-19-17-3-1-2-4-20(17)29-23(26(19)25-18)15-7-10-21-22(11-15)28-13-27-21/h1-11,19,23H,12-13H2/t19-,23-/m1/s1. The first-order valence-corrected chi connectivity index (χ1v) is 9.91. The molecule has 0 spiro atoms. The Morgan fingerprint density at radius 3 is 2.62 bits per heavy atom. The van der Waals surface area contributed by atoms with E-state index in [0.29, 0.717) is 0 Å². The van der Waals surface area contributed by atoms with E-state index in [4.69, 9.17) is 30.9 Å². The van der Waals surface area contributed by atoms with Crippen molar-refractivity contribution in [3.63, 3.8) is 0 Å². The summed E-state index contributed by atoms with van der Waals surface area (Å²) in [7, 11) is 0. The fraction of sp³-hybridized carbons (Fsp3) is 0.174. The van der Waals surface area contributed by atoms with Gasteiger partial charge in [0, 0.05) is 22.6 Å². The number of fused-ring (bicyclic) bond motifs is 4. The van der Waals surface area contributed by atoms with Gasteiger partial charge in [-0.05, 0) is 42.0 Å². The maximum Gasteiger partial charge on any atom is 0.231 e. The van der Waals surface area contributed by atoms with Crippen molar-refractivity contribution in [2.75, 3.05) is 6.79 Å². The summed E-state index contributed by atoms with van der Waals surface area (Å²) < 4.78 is 17.4. The average Bonchev–Trinajstić information content (AvgIpc) is 3.40. The van der Waals surface area contributed by atoms with Crippen molar-refractivity contribution in [1.29, 1.82) is 0 Å². The lowest BCUT2D eigenvalue weighted by Crippen LogP contribution is -2.33. The molecule has 3 aromatic carbocycles. The molecule has 3 heterocycles. The molecule has 29 heavy (non-hydrogen) atoms.